The molecule has 9 heteroatoms. The molecule has 0 saturated heterocycles. The molecule has 0 radical (unpaired) electrons. The van der Waals surface area contributed by atoms with Gasteiger partial charge >= 0.3 is 11.9 Å². The summed E-state index contributed by atoms with van der Waals surface area (Å²) in [5.41, 5.74) is -3.12. The molecule has 0 aromatic rings. The lowest BCUT2D eigenvalue weighted by molar-refractivity contribution is -0.559. The van der Waals surface area contributed by atoms with Gasteiger partial charge in [0.2, 0.25) is 11.1 Å². The van der Waals surface area contributed by atoms with Gasteiger partial charge in [-0.25, -0.2) is 0 Å². The third-order valence-electron chi connectivity index (χ3n) is 2.37. The highest BCUT2D eigenvalue weighted by molar-refractivity contribution is 5.86. The molecule has 0 unspecified atom stereocenters. The minimum atomic E-state index is -1.56. The van der Waals surface area contributed by atoms with Gasteiger partial charge in [-0.15, -0.1) is 0 Å². The maximum absolute atomic E-state index is 11.3. The van der Waals surface area contributed by atoms with Gasteiger partial charge < -0.3 is 4.74 Å². The van der Waals surface area contributed by atoms with Crippen molar-refractivity contribution in [2.24, 2.45) is 0 Å². The van der Waals surface area contributed by atoms with Gasteiger partial charge in [-0.3, -0.25) is 29.8 Å². The van der Waals surface area contributed by atoms with E-state index in [2.05, 4.69) is 4.74 Å². The first kappa shape index (κ1) is 16.9. The van der Waals surface area contributed by atoms with Crippen LogP contribution in [0.3, 0.4) is 0 Å². The summed E-state index contributed by atoms with van der Waals surface area (Å²) in [5.74, 6) is -2.16. The average molecular weight is 276 g/mol. The van der Waals surface area contributed by atoms with Crippen molar-refractivity contribution < 1.29 is 24.2 Å². The van der Waals surface area contributed by atoms with Crippen LogP contribution in [0.25, 0.3) is 0 Å². The highest BCUT2D eigenvalue weighted by atomic mass is 16.6. The Hall–Kier alpha value is -2.06. The van der Waals surface area contributed by atoms with Crippen molar-refractivity contribution in [3.8, 4) is 0 Å². The fraction of sp³-hybridized carbons (Fsp3) is 0.800. The van der Waals surface area contributed by atoms with E-state index in [1.54, 1.807) is 0 Å². The maximum atomic E-state index is 11.3. The first-order valence-corrected chi connectivity index (χ1v) is 5.41. The molecule has 0 heterocycles. The van der Waals surface area contributed by atoms with Gasteiger partial charge in [0.05, 0.1) is 0 Å². The number of rotatable bonds is 6. The van der Waals surface area contributed by atoms with E-state index in [-0.39, 0.29) is 0 Å². The van der Waals surface area contributed by atoms with E-state index in [0.29, 0.717) is 0 Å². The fourth-order valence-corrected chi connectivity index (χ4v) is 1.03. The van der Waals surface area contributed by atoms with Crippen molar-refractivity contribution in [3.63, 3.8) is 0 Å². The summed E-state index contributed by atoms with van der Waals surface area (Å²) >= 11 is 0. The molecule has 0 aromatic heterocycles. The lowest BCUT2D eigenvalue weighted by Gasteiger charge is -2.16. The Morgan fingerprint density at radius 2 is 1.16 bits per heavy atom. The smallest absolute Gasteiger partial charge is 0.320 e. The number of ether oxygens (including phenoxy) is 1. The summed E-state index contributed by atoms with van der Waals surface area (Å²) in [6.45, 7) is 4.83. The third-order valence-corrected chi connectivity index (χ3v) is 2.37. The first-order valence-electron chi connectivity index (χ1n) is 5.41. The number of nitrogens with zero attached hydrogens (tertiary/aromatic N) is 2. The predicted molar refractivity (Wildman–Crippen MR) is 62.5 cm³/mol. The van der Waals surface area contributed by atoms with Crippen LogP contribution in [0.2, 0.25) is 0 Å². The average Bonchev–Trinajstić information content (AvgIpc) is 2.13. The Bertz CT molecular complexity index is 376. The number of nitro groups is 2. The molecular weight excluding hydrogens is 260 g/mol. The summed E-state index contributed by atoms with van der Waals surface area (Å²) in [6, 6.07) is 0. The monoisotopic (exact) mass is 276 g/mol. The highest BCUT2D eigenvalue weighted by Crippen LogP contribution is 2.16. The Morgan fingerprint density at radius 1 is 0.895 bits per heavy atom. The Labute approximate surface area is 109 Å². The van der Waals surface area contributed by atoms with Crippen LogP contribution in [0.4, 0.5) is 0 Å². The topological polar surface area (TPSA) is 130 Å². The molecule has 9 nitrogen and oxygen atoms in total. The van der Waals surface area contributed by atoms with Crippen LogP contribution >= 0.6 is 0 Å². The molecule has 0 N–H and O–H groups in total. The van der Waals surface area contributed by atoms with Crippen LogP contribution in [-0.2, 0) is 14.3 Å². The van der Waals surface area contributed by atoms with Crippen LogP contribution in [0, 0.1) is 20.2 Å². The Kier molecular flexibility index (Phi) is 5.10. The number of esters is 2. The summed E-state index contributed by atoms with van der Waals surface area (Å²) in [7, 11) is 0. The van der Waals surface area contributed by atoms with E-state index in [4.69, 9.17) is 0 Å². The number of hydrogen-bond donors (Lipinski definition) is 0. The van der Waals surface area contributed by atoms with Crippen molar-refractivity contribution in [2.45, 2.75) is 51.6 Å². The van der Waals surface area contributed by atoms with E-state index in [9.17, 15) is 29.8 Å². The first-order chi connectivity index (χ1) is 8.38. The molecule has 0 amide bonds. The van der Waals surface area contributed by atoms with Crippen LogP contribution in [-0.4, -0.2) is 32.9 Å². The zero-order chi connectivity index (χ0) is 15.4. The Balaban J connectivity index is 4.48. The maximum Gasteiger partial charge on any atom is 0.320 e. The van der Waals surface area contributed by atoms with E-state index >= 15 is 0 Å². The molecule has 0 rings (SSSR count). The largest absolute Gasteiger partial charge is 0.393 e. The normalized spacial score (nSPS) is 11.8. The molecule has 0 atom stereocenters. The van der Waals surface area contributed by atoms with E-state index in [1.807, 2.05) is 0 Å². The van der Waals surface area contributed by atoms with Crippen molar-refractivity contribution in [1.82, 2.24) is 0 Å². The van der Waals surface area contributed by atoms with Gasteiger partial charge in [-0.05, 0) is 0 Å². The Morgan fingerprint density at radius 3 is 1.37 bits per heavy atom. The fourth-order valence-electron chi connectivity index (χ4n) is 1.03. The molecule has 0 aliphatic rings. The zero-order valence-electron chi connectivity index (χ0n) is 11.2. The number of carbonyl (C=O) groups is 2. The van der Waals surface area contributed by atoms with Crippen molar-refractivity contribution in [2.75, 3.05) is 0 Å². The molecule has 0 aliphatic carbocycles. The third kappa shape index (κ3) is 5.40. The minimum Gasteiger partial charge on any atom is -0.393 e. The number of hydrogen-bond acceptors (Lipinski definition) is 7. The summed E-state index contributed by atoms with van der Waals surface area (Å²) < 4.78 is 4.34. The van der Waals surface area contributed by atoms with Gasteiger partial charge in [0.1, 0.15) is 12.8 Å². The minimum absolute atomic E-state index is 0.593. The lowest BCUT2D eigenvalue weighted by atomic mass is 10.0. The zero-order valence-corrected chi connectivity index (χ0v) is 11.2. The molecule has 108 valence electrons. The standard InChI is InChI=1S/C10H16N2O7/c1-9(2,11(15)16)5-7(13)19-8(14)6-10(3,4)12(17)18/h5-6H2,1-4H3. The van der Waals surface area contributed by atoms with Crippen LogP contribution in [0.1, 0.15) is 40.5 Å². The second-order valence-corrected chi connectivity index (χ2v) is 5.34. The second kappa shape index (κ2) is 5.72. The van der Waals surface area contributed by atoms with Crippen LogP contribution in [0.5, 0.6) is 0 Å². The second-order valence-electron chi connectivity index (χ2n) is 5.34. The molecule has 0 saturated carbocycles. The predicted octanol–water partition coefficient (Wildman–Crippen LogP) is 0.947. The van der Waals surface area contributed by atoms with Gasteiger partial charge in [0, 0.05) is 37.5 Å². The molecule has 0 fully saturated rings. The molecule has 0 spiro atoms. The van der Waals surface area contributed by atoms with Crippen molar-refractivity contribution >= 4 is 11.9 Å². The molecule has 0 aliphatic heterocycles. The number of carbonyl (C=O) groups excluding carboxylic acids is 2. The quantitative estimate of drug-likeness (QED) is 0.305. The van der Waals surface area contributed by atoms with E-state index in [1.165, 1.54) is 27.7 Å². The summed E-state index contributed by atoms with van der Waals surface area (Å²) in [5, 5.41) is 21.2. The highest BCUT2D eigenvalue weighted by Gasteiger charge is 2.38. The molecule has 19 heavy (non-hydrogen) atoms. The van der Waals surface area contributed by atoms with Gasteiger partial charge in [0.25, 0.3) is 0 Å². The van der Waals surface area contributed by atoms with Crippen molar-refractivity contribution in [1.29, 1.82) is 0 Å². The molecule has 0 aromatic carbocycles. The van der Waals surface area contributed by atoms with E-state index in [0.717, 1.165) is 0 Å². The summed E-state index contributed by atoms with van der Waals surface area (Å²) in [4.78, 5) is 42.5. The molecule has 0 bridgehead atoms. The van der Waals surface area contributed by atoms with Crippen LogP contribution in [0.15, 0.2) is 0 Å². The summed E-state index contributed by atoms with van der Waals surface area (Å²) in [6.07, 6.45) is -1.19. The molecular formula is C10H16N2O7. The van der Waals surface area contributed by atoms with Crippen LogP contribution < -0.4 is 0 Å². The lowest BCUT2D eigenvalue weighted by Crippen LogP contribution is -2.37. The SMILES string of the molecule is CC(C)(CC(=O)OC(=O)CC(C)(C)[N+](=O)[O-])[N+](=O)[O-]. The van der Waals surface area contributed by atoms with Gasteiger partial charge in [0.15, 0.2) is 0 Å². The van der Waals surface area contributed by atoms with Crippen molar-refractivity contribution in [3.05, 3.63) is 20.2 Å². The van der Waals surface area contributed by atoms with Gasteiger partial charge in [-0.2, -0.15) is 0 Å². The van der Waals surface area contributed by atoms with E-state index < -0.39 is 45.7 Å². The van der Waals surface area contributed by atoms with Gasteiger partial charge in [-0.1, -0.05) is 0 Å².